The normalized spacial score (nSPS) is 16.5. The molecule has 0 spiro atoms. The molecule has 0 atom stereocenters. The number of nitrogens with one attached hydrogen (secondary N) is 1. The molecule has 0 heterocycles. The number of allylic oxidation sites excluding steroid dienone is 2. The van der Waals surface area contributed by atoms with Gasteiger partial charge in [-0.05, 0) is 38.0 Å². The van der Waals surface area contributed by atoms with Gasteiger partial charge >= 0.3 is 0 Å². The number of Topliss-reactive ketones (excluding diaryl/α,β-unsaturated/α-hetero) is 1. The fraction of sp³-hybridized carbons (Fsp3) is 0.308. The van der Waals surface area contributed by atoms with Gasteiger partial charge in [0, 0.05) is 28.4 Å². The predicted molar refractivity (Wildman–Crippen MR) is 66.6 cm³/mol. The molecule has 0 saturated carbocycles. The molecular formula is C13H14ClNO. The molecule has 0 radical (unpaired) electrons. The van der Waals surface area contributed by atoms with E-state index in [1.54, 1.807) is 0 Å². The number of ketones is 1. The second kappa shape index (κ2) is 4.71. The van der Waals surface area contributed by atoms with Crippen molar-refractivity contribution in [3.05, 3.63) is 40.6 Å². The molecule has 84 valence electrons. The minimum atomic E-state index is 0.246. The van der Waals surface area contributed by atoms with Crippen LogP contribution in [-0.4, -0.2) is 5.78 Å². The van der Waals surface area contributed by atoms with Crippen LogP contribution in [0.5, 0.6) is 0 Å². The Hall–Kier alpha value is -1.28. The zero-order valence-electron chi connectivity index (χ0n) is 9.22. The van der Waals surface area contributed by atoms with Gasteiger partial charge in [-0.1, -0.05) is 17.7 Å². The van der Waals surface area contributed by atoms with E-state index in [9.17, 15) is 4.79 Å². The predicted octanol–water partition coefficient (Wildman–Crippen LogP) is 3.78. The summed E-state index contributed by atoms with van der Waals surface area (Å²) in [6.45, 7) is 1.88. The Morgan fingerprint density at radius 2 is 2.12 bits per heavy atom. The highest BCUT2D eigenvalue weighted by atomic mass is 35.5. The maximum absolute atomic E-state index is 11.5. The number of halogens is 1. The second-order valence-electron chi connectivity index (χ2n) is 4.02. The zero-order chi connectivity index (χ0) is 11.5. The lowest BCUT2D eigenvalue weighted by molar-refractivity contribution is -0.116. The molecule has 0 saturated heterocycles. The Morgan fingerprint density at radius 1 is 1.31 bits per heavy atom. The van der Waals surface area contributed by atoms with Crippen LogP contribution < -0.4 is 5.32 Å². The fourth-order valence-corrected chi connectivity index (χ4v) is 2.06. The molecule has 0 aliphatic heterocycles. The van der Waals surface area contributed by atoms with Crippen LogP contribution in [0.3, 0.4) is 0 Å². The summed E-state index contributed by atoms with van der Waals surface area (Å²) in [4.78, 5) is 11.5. The summed E-state index contributed by atoms with van der Waals surface area (Å²) in [6, 6.07) is 7.54. The van der Waals surface area contributed by atoms with Gasteiger partial charge in [-0.3, -0.25) is 4.79 Å². The van der Waals surface area contributed by atoms with E-state index in [2.05, 4.69) is 5.32 Å². The molecule has 1 aliphatic rings. The van der Waals surface area contributed by atoms with Crippen LogP contribution in [0.15, 0.2) is 35.5 Å². The number of hydrogen-bond donors (Lipinski definition) is 1. The Morgan fingerprint density at radius 3 is 2.88 bits per heavy atom. The van der Waals surface area contributed by atoms with Crippen molar-refractivity contribution in [2.45, 2.75) is 26.2 Å². The summed E-state index contributed by atoms with van der Waals surface area (Å²) in [5, 5.41) is 3.98. The third-order valence-electron chi connectivity index (χ3n) is 2.82. The highest BCUT2D eigenvalue weighted by Crippen LogP contribution is 2.24. The third kappa shape index (κ3) is 2.45. The van der Waals surface area contributed by atoms with Crippen molar-refractivity contribution >= 4 is 23.1 Å². The van der Waals surface area contributed by atoms with Gasteiger partial charge in [0.1, 0.15) is 0 Å². The lowest BCUT2D eigenvalue weighted by Gasteiger charge is -2.18. The molecule has 1 aliphatic carbocycles. The van der Waals surface area contributed by atoms with Gasteiger partial charge in [-0.25, -0.2) is 0 Å². The molecule has 2 nitrogen and oxygen atoms in total. The summed E-state index contributed by atoms with van der Waals surface area (Å²) in [5.74, 6) is 0.246. The first kappa shape index (κ1) is 11.2. The van der Waals surface area contributed by atoms with Crippen LogP contribution in [0.2, 0.25) is 5.02 Å². The molecule has 3 heteroatoms. The van der Waals surface area contributed by atoms with Gasteiger partial charge in [-0.2, -0.15) is 0 Å². The quantitative estimate of drug-likeness (QED) is 0.845. The molecule has 2 rings (SSSR count). The van der Waals surface area contributed by atoms with E-state index in [1.807, 2.05) is 31.2 Å². The average molecular weight is 236 g/mol. The first-order chi connectivity index (χ1) is 7.66. The van der Waals surface area contributed by atoms with Gasteiger partial charge < -0.3 is 5.32 Å². The summed E-state index contributed by atoms with van der Waals surface area (Å²) < 4.78 is 0. The first-order valence-corrected chi connectivity index (χ1v) is 5.80. The number of rotatable bonds is 2. The summed E-state index contributed by atoms with van der Waals surface area (Å²) in [7, 11) is 0. The smallest absolute Gasteiger partial charge is 0.160 e. The Bertz CT molecular complexity index is 451. The molecular weight excluding hydrogens is 222 g/mol. The monoisotopic (exact) mass is 235 g/mol. The summed E-state index contributed by atoms with van der Waals surface area (Å²) in [5.41, 5.74) is 2.82. The van der Waals surface area contributed by atoms with E-state index in [4.69, 9.17) is 11.6 Å². The molecule has 0 unspecified atom stereocenters. The van der Waals surface area contributed by atoms with E-state index in [1.165, 1.54) is 0 Å². The molecule has 0 amide bonds. The van der Waals surface area contributed by atoms with E-state index in [0.717, 1.165) is 29.8 Å². The van der Waals surface area contributed by atoms with Crippen LogP contribution in [0.25, 0.3) is 0 Å². The Balaban J connectivity index is 2.21. The van der Waals surface area contributed by atoms with Gasteiger partial charge in [-0.15, -0.1) is 0 Å². The van der Waals surface area contributed by atoms with Crippen molar-refractivity contribution in [2.24, 2.45) is 0 Å². The minimum Gasteiger partial charge on any atom is -0.359 e. The van der Waals surface area contributed by atoms with E-state index >= 15 is 0 Å². The van der Waals surface area contributed by atoms with Crippen LogP contribution in [0, 0.1) is 0 Å². The second-order valence-corrected chi connectivity index (χ2v) is 4.45. The summed E-state index contributed by atoms with van der Waals surface area (Å²) >= 11 is 5.90. The maximum Gasteiger partial charge on any atom is 0.160 e. The first-order valence-electron chi connectivity index (χ1n) is 5.42. The van der Waals surface area contributed by atoms with Crippen LogP contribution in [-0.2, 0) is 4.79 Å². The molecule has 1 aromatic rings. The number of anilines is 1. The topological polar surface area (TPSA) is 29.1 Å². The van der Waals surface area contributed by atoms with Crippen molar-refractivity contribution in [3.63, 3.8) is 0 Å². The Kier molecular flexibility index (Phi) is 3.30. The summed E-state index contributed by atoms with van der Waals surface area (Å²) in [6.07, 6.45) is 2.54. The van der Waals surface area contributed by atoms with Crippen LogP contribution >= 0.6 is 11.6 Å². The van der Waals surface area contributed by atoms with E-state index < -0.39 is 0 Å². The molecule has 0 aromatic heterocycles. The highest BCUT2D eigenvalue weighted by Gasteiger charge is 2.16. The third-order valence-corrected chi connectivity index (χ3v) is 3.06. The molecule has 0 fully saturated rings. The number of carbonyl (C=O) groups excluding carboxylic acids is 1. The standard InChI is InChI=1S/C13H14ClNO/c1-9-12(6-3-7-13(9)16)15-11-5-2-4-10(14)8-11/h2,4-5,8,15H,3,6-7H2,1H3. The molecule has 16 heavy (non-hydrogen) atoms. The van der Waals surface area contributed by atoms with Crippen LogP contribution in [0.1, 0.15) is 26.2 Å². The fourth-order valence-electron chi connectivity index (χ4n) is 1.87. The average Bonchev–Trinajstić information content (AvgIpc) is 2.25. The van der Waals surface area contributed by atoms with Crippen molar-refractivity contribution < 1.29 is 4.79 Å². The van der Waals surface area contributed by atoms with Crippen molar-refractivity contribution in [1.29, 1.82) is 0 Å². The van der Waals surface area contributed by atoms with E-state index in [0.29, 0.717) is 11.4 Å². The van der Waals surface area contributed by atoms with Gasteiger partial charge in [0.2, 0.25) is 0 Å². The lowest BCUT2D eigenvalue weighted by Crippen LogP contribution is -2.14. The zero-order valence-corrected chi connectivity index (χ0v) is 9.97. The largest absolute Gasteiger partial charge is 0.359 e. The highest BCUT2D eigenvalue weighted by molar-refractivity contribution is 6.30. The number of benzene rings is 1. The van der Waals surface area contributed by atoms with Crippen molar-refractivity contribution in [1.82, 2.24) is 0 Å². The molecule has 1 N–H and O–H groups in total. The number of hydrogen-bond acceptors (Lipinski definition) is 2. The van der Waals surface area contributed by atoms with Crippen molar-refractivity contribution in [3.8, 4) is 0 Å². The van der Waals surface area contributed by atoms with Gasteiger partial charge in [0.25, 0.3) is 0 Å². The molecule has 1 aromatic carbocycles. The number of carbonyl (C=O) groups is 1. The SMILES string of the molecule is CC1=C(Nc2cccc(Cl)c2)CCCC1=O. The van der Waals surface area contributed by atoms with Gasteiger partial charge in [0.05, 0.1) is 0 Å². The molecule has 0 bridgehead atoms. The Labute approximate surface area is 100 Å². The van der Waals surface area contributed by atoms with Crippen LogP contribution in [0.4, 0.5) is 5.69 Å². The van der Waals surface area contributed by atoms with E-state index in [-0.39, 0.29) is 5.78 Å². The van der Waals surface area contributed by atoms with Crippen molar-refractivity contribution in [2.75, 3.05) is 5.32 Å². The van der Waals surface area contributed by atoms with Gasteiger partial charge in [0.15, 0.2) is 5.78 Å². The lowest BCUT2D eigenvalue weighted by atomic mass is 9.96. The minimum absolute atomic E-state index is 0.246. The maximum atomic E-state index is 11.5.